The summed E-state index contributed by atoms with van der Waals surface area (Å²) in [4.78, 5) is 16.5. The molecule has 1 heterocycles. The van der Waals surface area contributed by atoms with E-state index in [2.05, 4.69) is 32.6 Å². The number of hydrogen-bond donors (Lipinski definition) is 0. The standard InChI is InChI=1S/C20H16Cl2INO4/c1-3-26-18-8-12(6-15-11(2)24-28-20(15)25)7-17(23)19(18)27-10-13-4-5-14(21)9-16(13)22/h4-9H,3,10H2,1-2H3/b15-6+. The van der Waals surface area contributed by atoms with Gasteiger partial charge >= 0.3 is 5.97 Å². The maximum absolute atomic E-state index is 11.8. The Morgan fingerprint density at radius 2 is 2.00 bits per heavy atom. The Bertz CT molecular complexity index is 988. The summed E-state index contributed by atoms with van der Waals surface area (Å²) in [6, 6.07) is 8.98. The van der Waals surface area contributed by atoms with Crippen LogP contribution in [0, 0.1) is 3.57 Å². The lowest BCUT2D eigenvalue weighted by Crippen LogP contribution is -2.04. The monoisotopic (exact) mass is 531 g/mol. The summed E-state index contributed by atoms with van der Waals surface area (Å²) in [7, 11) is 0. The van der Waals surface area contributed by atoms with Crippen LogP contribution in [0.1, 0.15) is 25.0 Å². The van der Waals surface area contributed by atoms with Crippen LogP contribution in [0.25, 0.3) is 6.08 Å². The van der Waals surface area contributed by atoms with Gasteiger partial charge in [-0.3, -0.25) is 0 Å². The van der Waals surface area contributed by atoms with Crippen LogP contribution >= 0.6 is 45.8 Å². The van der Waals surface area contributed by atoms with Crippen LogP contribution in [0.5, 0.6) is 11.5 Å². The Morgan fingerprint density at radius 3 is 2.64 bits per heavy atom. The van der Waals surface area contributed by atoms with Crippen LogP contribution in [0.2, 0.25) is 10.0 Å². The predicted octanol–water partition coefficient (Wildman–Crippen LogP) is 5.89. The molecule has 0 bridgehead atoms. The maximum Gasteiger partial charge on any atom is 0.367 e. The maximum atomic E-state index is 11.8. The Balaban J connectivity index is 1.90. The van der Waals surface area contributed by atoms with Crippen molar-refractivity contribution in [3.05, 3.63) is 60.6 Å². The molecule has 0 unspecified atom stereocenters. The molecule has 28 heavy (non-hydrogen) atoms. The molecular formula is C20H16Cl2INO4. The number of carbonyl (C=O) groups excluding carboxylic acids is 1. The molecule has 0 spiro atoms. The smallest absolute Gasteiger partial charge is 0.367 e. The number of rotatable bonds is 6. The van der Waals surface area contributed by atoms with Gasteiger partial charge in [-0.1, -0.05) is 34.4 Å². The van der Waals surface area contributed by atoms with E-state index in [1.807, 2.05) is 25.1 Å². The molecule has 1 aliphatic rings. The lowest BCUT2D eigenvalue weighted by atomic mass is 10.1. The van der Waals surface area contributed by atoms with Crippen molar-refractivity contribution in [3.8, 4) is 11.5 Å². The first-order valence-electron chi connectivity index (χ1n) is 8.40. The molecule has 3 rings (SSSR count). The zero-order valence-electron chi connectivity index (χ0n) is 15.1. The molecule has 0 radical (unpaired) electrons. The lowest BCUT2D eigenvalue weighted by molar-refractivity contribution is -0.136. The second-order valence-corrected chi connectivity index (χ2v) is 7.91. The summed E-state index contributed by atoms with van der Waals surface area (Å²) >= 11 is 14.3. The third kappa shape index (κ3) is 4.79. The zero-order chi connectivity index (χ0) is 20.3. The summed E-state index contributed by atoms with van der Waals surface area (Å²) in [6.45, 7) is 4.35. The van der Waals surface area contributed by atoms with E-state index < -0.39 is 5.97 Å². The van der Waals surface area contributed by atoms with Gasteiger partial charge in [-0.15, -0.1) is 0 Å². The van der Waals surface area contributed by atoms with Gasteiger partial charge in [-0.2, -0.15) is 0 Å². The molecule has 0 amide bonds. The summed E-state index contributed by atoms with van der Waals surface area (Å²) in [6.07, 6.45) is 1.72. The second-order valence-electron chi connectivity index (χ2n) is 5.90. The quantitative estimate of drug-likeness (QED) is 0.265. The van der Waals surface area contributed by atoms with Crippen LogP contribution in [0.15, 0.2) is 41.1 Å². The third-order valence-corrected chi connectivity index (χ3v) is 5.29. The highest BCUT2D eigenvalue weighted by molar-refractivity contribution is 14.1. The summed E-state index contributed by atoms with van der Waals surface area (Å²) in [5.74, 6) is 0.713. The molecule has 0 fully saturated rings. The molecule has 0 N–H and O–H groups in total. The van der Waals surface area contributed by atoms with E-state index in [4.69, 9.17) is 32.7 Å². The average molecular weight is 532 g/mol. The third-order valence-electron chi connectivity index (χ3n) is 3.91. The molecule has 5 nitrogen and oxygen atoms in total. The van der Waals surface area contributed by atoms with E-state index in [9.17, 15) is 4.79 Å². The highest BCUT2D eigenvalue weighted by Crippen LogP contribution is 2.36. The average Bonchev–Trinajstić information content (AvgIpc) is 2.95. The molecular weight excluding hydrogens is 516 g/mol. The highest BCUT2D eigenvalue weighted by atomic mass is 127. The van der Waals surface area contributed by atoms with E-state index >= 15 is 0 Å². The Morgan fingerprint density at radius 1 is 1.21 bits per heavy atom. The van der Waals surface area contributed by atoms with Crippen LogP contribution in [0.3, 0.4) is 0 Å². The van der Waals surface area contributed by atoms with Crippen molar-refractivity contribution in [1.29, 1.82) is 0 Å². The van der Waals surface area contributed by atoms with Gasteiger partial charge in [0.2, 0.25) is 0 Å². The number of carbonyl (C=O) groups is 1. The summed E-state index contributed by atoms with van der Waals surface area (Å²) in [5, 5.41) is 4.80. The van der Waals surface area contributed by atoms with E-state index in [0.29, 0.717) is 39.4 Å². The lowest BCUT2D eigenvalue weighted by Gasteiger charge is -2.15. The Hall–Kier alpha value is -1.77. The molecule has 8 heteroatoms. The van der Waals surface area contributed by atoms with Crippen molar-refractivity contribution >= 4 is 63.5 Å². The molecule has 0 aromatic heterocycles. The largest absolute Gasteiger partial charge is 0.490 e. The number of oxime groups is 1. The first kappa shape index (κ1) is 21.0. The van der Waals surface area contributed by atoms with E-state index in [1.165, 1.54) is 0 Å². The Labute approximate surface area is 186 Å². The minimum Gasteiger partial charge on any atom is -0.490 e. The predicted molar refractivity (Wildman–Crippen MR) is 118 cm³/mol. The van der Waals surface area contributed by atoms with Gasteiger partial charge in [-0.25, -0.2) is 4.79 Å². The molecule has 0 aliphatic carbocycles. The fraction of sp³-hybridized carbons (Fsp3) is 0.200. The van der Waals surface area contributed by atoms with Gasteiger partial charge in [0.1, 0.15) is 6.61 Å². The number of hydrogen-bond acceptors (Lipinski definition) is 5. The molecule has 1 aliphatic heterocycles. The fourth-order valence-corrected chi connectivity index (χ4v) is 3.79. The summed E-state index contributed by atoms with van der Waals surface area (Å²) in [5.41, 5.74) is 2.56. The van der Waals surface area contributed by atoms with Crippen molar-refractivity contribution in [1.82, 2.24) is 0 Å². The van der Waals surface area contributed by atoms with Crippen molar-refractivity contribution in [2.75, 3.05) is 6.61 Å². The van der Waals surface area contributed by atoms with E-state index in [0.717, 1.165) is 14.7 Å². The number of nitrogens with zero attached hydrogens (tertiary/aromatic N) is 1. The van der Waals surface area contributed by atoms with Crippen LogP contribution in [0.4, 0.5) is 0 Å². The van der Waals surface area contributed by atoms with Gasteiger partial charge in [0.15, 0.2) is 11.5 Å². The van der Waals surface area contributed by atoms with Crippen molar-refractivity contribution in [3.63, 3.8) is 0 Å². The first-order valence-corrected chi connectivity index (χ1v) is 10.2. The minimum absolute atomic E-state index is 0.268. The van der Waals surface area contributed by atoms with Gasteiger partial charge in [-0.05, 0) is 72.3 Å². The van der Waals surface area contributed by atoms with Gasteiger partial charge in [0.05, 0.1) is 21.5 Å². The van der Waals surface area contributed by atoms with Crippen LogP contribution in [-0.4, -0.2) is 18.3 Å². The van der Waals surface area contributed by atoms with Crippen molar-refractivity contribution < 1.29 is 19.1 Å². The fourth-order valence-electron chi connectivity index (χ4n) is 2.55. The molecule has 146 valence electrons. The molecule has 0 atom stereocenters. The molecule has 0 saturated heterocycles. The second kappa shape index (κ2) is 9.15. The topological polar surface area (TPSA) is 57.1 Å². The highest BCUT2D eigenvalue weighted by Gasteiger charge is 2.22. The van der Waals surface area contributed by atoms with E-state index in [-0.39, 0.29) is 6.61 Å². The SMILES string of the molecule is CCOc1cc(/C=C2/C(=O)ON=C2C)cc(I)c1OCc1ccc(Cl)cc1Cl. The summed E-state index contributed by atoms with van der Waals surface area (Å²) < 4.78 is 12.6. The van der Waals surface area contributed by atoms with Gasteiger partial charge in [0.25, 0.3) is 0 Å². The number of benzene rings is 2. The minimum atomic E-state index is -0.469. The van der Waals surface area contributed by atoms with Crippen molar-refractivity contribution in [2.24, 2.45) is 5.16 Å². The van der Waals surface area contributed by atoms with Crippen LogP contribution < -0.4 is 9.47 Å². The van der Waals surface area contributed by atoms with Crippen LogP contribution in [-0.2, 0) is 16.2 Å². The van der Waals surface area contributed by atoms with Gasteiger partial charge < -0.3 is 14.3 Å². The van der Waals surface area contributed by atoms with E-state index in [1.54, 1.807) is 25.1 Å². The Kier molecular flexibility index (Phi) is 6.85. The first-order chi connectivity index (χ1) is 13.4. The van der Waals surface area contributed by atoms with Crippen molar-refractivity contribution in [2.45, 2.75) is 20.5 Å². The number of halogens is 3. The molecule has 2 aromatic carbocycles. The molecule has 2 aromatic rings. The van der Waals surface area contributed by atoms with Gasteiger partial charge in [0, 0.05) is 15.6 Å². The molecule has 0 saturated carbocycles. The zero-order valence-corrected chi connectivity index (χ0v) is 18.8. The normalized spacial score (nSPS) is 14.8. The number of ether oxygens (including phenoxy) is 2.